The summed E-state index contributed by atoms with van der Waals surface area (Å²) in [5.74, 6) is 3.19. The topological polar surface area (TPSA) is 26.3 Å². The molecule has 0 N–H and O–H groups in total. The van der Waals surface area contributed by atoms with Crippen molar-refractivity contribution in [3.8, 4) is 5.75 Å². The van der Waals surface area contributed by atoms with Crippen molar-refractivity contribution in [2.24, 2.45) is 17.8 Å². The molecule has 0 aliphatic heterocycles. The van der Waals surface area contributed by atoms with E-state index in [0.717, 1.165) is 37.5 Å². The van der Waals surface area contributed by atoms with Gasteiger partial charge >= 0.3 is 5.97 Å². The second kappa shape index (κ2) is 9.58. The largest absolute Gasteiger partial charge is 0.426 e. The normalized spacial score (nSPS) is 29.3. The van der Waals surface area contributed by atoms with Crippen LogP contribution in [0.1, 0.15) is 96.0 Å². The molecule has 1 aromatic rings. The van der Waals surface area contributed by atoms with Gasteiger partial charge in [-0.05, 0) is 86.8 Å². The number of benzene rings is 1. The van der Waals surface area contributed by atoms with Gasteiger partial charge in [-0.2, -0.15) is 0 Å². The Bertz CT molecular complexity index is 546. The first-order valence-electron chi connectivity index (χ1n) is 11.0. The van der Waals surface area contributed by atoms with Crippen LogP contribution in [0.2, 0.25) is 0 Å². The maximum atomic E-state index is 12.4. The van der Waals surface area contributed by atoms with Crippen molar-refractivity contribution in [1.82, 2.24) is 0 Å². The van der Waals surface area contributed by atoms with Crippen molar-refractivity contribution in [3.63, 3.8) is 0 Å². The smallest absolute Gasteiger partial charge is 0.314 e. The van der Waals surface area contributed by atoms with Gasteiger partial charge in [-0.1, -0.05) is 45.2 Å². The van der Waals surface area contributed by atoms with Crippen LogP contribution < -0.4 is 4.74 Å². The molecule has 2 aliphatic rings. The predicted molar refractivity (Wildman–Crippen MR) is 107 cm³/mol. The van der Waals surface area contributed by atoms with Crippen LogP contribution in [-0.2, 0) is 4.79 Å². The molecule has 144 valence electrons. The van der Waals surface area contributed by atoms with Gasteiger partial charge in [0.05, 0.1) is 5.92 Å². The summed E-state index contributed by atoms with van der Waals surface area (Å²) in [4.78, 5) is 12.4. The Morgan fingerprint density at radius 1 is 0.962 bits per heavy atom. The predicted octanol–water partition coefficient (Wildman–Crippen LogP) is 6.88. The van der Waals surface area contributed by atoms with E-state index in [-0.39, 0.29) is 11.9 Å². The quantitative estimate of drug-likeness (QED) is 0.410. The number of esters is 1. The van der Waals surface area contributed by atoms with E-state index in [1.54, 1.807) is 0 Å². The zero-order valence-corrected chi connectivity index (χ0v) is 16.7. The average molecular weight is 357 g/mol. The summed E-state index contributed by atoms with van der Waals surface area (Å²) in [6, 6.07) is 8.37. The summed E-state index contributed by atoms with van der Waals surface area (Å²) in [7, 11) is 0. The molecule has 2 nitrogen and oxygen atoms in total. The molecule has 1 aromatic carbocycles. The number of ether oxygens (including phenoxy) is 1. The molecule has 2 heteroatoms. The number of unbranched alkanes of at least 4 members (excludes halogenated alkanes) is 1. The molecule has 0 unspecified atom stereocenters. The van der Waals surface area contributed by atoms with E-state index in [9.17, 15) is 4.79 Å². The van der Waals surface area contributed by atoms with Crippen LogP contribution in [0.25, 0.3) is 0 Å². The maximum Gasteiger partial charge on any atom is 0.314 e. The lowest BCUT2D eigenvalue weighted by molar-refractivity contribution is -0.140. The van der Waals surface area contributed by atoms with Gasteiger partial charge in [0, 0.05) is 0 Å². The van der Waals surface area contributed by atoms with Crippen LogP contribution in [0.4, 0.5) is 0 Å². The highest BCUT2D eigenvalue weighted by Crippen LogP contribution is 2.38. The van der Waals surface area contributed by atoms with Gasteiger partial charge in [-0.15, -0.1) is 0 Å². The maximum absolute atomic E-state index is 12.4. The van der Waals surface area contributed by atoms with E-state index in [1.807, 2.05) is 12.1 Å². The first kappa shape index (κ1) is 19.5. The van der Waals surface area contributed by atoms with Crippen molar-refractivity contribution in [1.29, 1.82) is 0 Å². The third-order valence-electron chi connectivity index (χ3n) is 6.73. The Kier molecular flexibility index (Phi) is 7.16. The second-order valence-electron chi connectivity index (χ2n) is 8.81. The van der Waals surface area contributed by atoms with Gasteiger partial charge in [-0.25, -0.2) is 0 Å². The zero-order chi connectivity index (χ0) is 18.4. The van der Waals surface area contributed by atoms with Gasteiger partial charge < -0.3 is 4.74 Å². The summed E-state index contributed by atoms with van der Waals surface area (Å²) in [6.07, 6.45) is 13.8. The van der Waals surface area contributed by atoms with Crippen LogP contribution in [0.5, 0.6) is 5.75 Å². The molecule has 0 aromatic heterocycles. The minimum absolute atomic E-state index is 0.0268. The molecule has 0 heterocycles. The highest BCUT2D eigenvalue weighted by Gasteiger charge is 2.26. The molecular weight excluding hydrogens is 320 g/mol. The number of rotatable bonds is 6. The zero-order valence-electron chi connectivity index (χ0n) is 16.7. The molecule has 2 fully saturated rings. The monoisotopic (exact) mass is 356 g/mol. The van der Waals surface area contributed by atoms with E-state index < -0.39 is 0 Å². The lowest BCUT2D eigenvalue weighted by Gasteiger charge is -2.29. The molecule has 0 atom stereocenters. The van der Waals surface area contributed by atoms with Crippen LogP contribution >= 0.6 is 0 Å². The van der Waals surface area contributed by atoms with Crippen molar-refractivity contribution in [3.05, 3.63) is 29.8 Å². The minimum atomic E-state index is -0.0268. The SMILES string of the molecule is CCCCC1CCC(c2ccc(OC(=O)C3CCC(C)CC3)cc2)CC1. The van der Waals surface area contributed by atoms with E-state index in [4.69, 9.17) is 4.74 Å². The van der Waals surface area contributed by atoms with Gasteiger partial charge in [0.1, 0.15) is 5.75 Å². The minimum Gasteiger partial charge on any atom is -0.426 e. The second-order valence-corrected chi connectivity index (χ2v) is 8.81. The molecule has 0 radical (unpaired) electrons. The van der Waals surface area contributed by atoms with Crippen molar-refractivity contribution in [2.75, 3.05) is 0 Å². The molecule has 0 saturated heterocycles. The summed E-state index contributed by atoms with van der Waals surface area (Å²) >= 11 is 0. The first-order valence-corrected chi connectivity index (χ1v) is 11.0. The lowest BCUT2D eigenvalue weighted by atomic mass is 9.77. The molecular formula is C24H36O2. The molecule has 0 bridgehead atoms. The standard InChI is InChI=1S/C24H36O2/c1-3-4-5-19-8-12-20(13-9-19)21-14-16-23(17-15-21)26-24(25)22-10-6-18(2)7-11-22/h14-20,22H,3-13H2,1-2H3. The summed E-state index contributed by atoms with van der Waals surface area (Å²) < 4.78 is 5.65. The summed E-state index contributed by atoms with van der Waals surface area (Å²) in [5, 5.41) is 0. The van der Waals surface area contributed by atoms with Gasteiger partial charge in [0.15, 0.2) is 0 Å². The van der Waals surface area contributed by atoms with Crippen molar-refractivity contribution < 1.29 is 9.53 Å². The van der Waals surface area contributed by atoms with Crippen LogP contribution in [0.15, 0.2) is 24.3 Å². The Hall–Kier alpha value is -1.31. The third kappa shape index (κ3) is 5.34. The Morgan fingerprint density at radius 3 is 2.23 bits per heavy atom. The van der Waals surface area contributed by atoms with Crippen molar-refractivity contribution >= 4 is 5.97 Å². The summed E-state index contributed by atoms with van der Waals surface area (Å²) in [6.45, 7) is 4.56. The van der Waals surface area contributed by atoms with Crippen LogP contribution in [-0.4, -0.2) is 5.97 Å². The Balaban J connectivity index is 1.47. The number of hydrogen-bond donors (Lipinski definition) is 0. The first-order chi connectivity index (χ1) is 12.7. The Morgan fingerprint density at radius 2 is 1.62 bits per heavy atom. The number of carbonyl (C=O) groups excluding carboxylic acids is 1. The van der Waals surface area contributed by atoms with E-state index in [2.05, 4.69) is 26.0 Å². The molecule has 2 saturated carbocycles. The van der Waals surface area contributed by atoms with Gasteiger partial charge in [0.25, 0.3) is 0 Å². The fourth-order valence-corrected chi connectivity index (χ4v) is 4.78. The highest BCUT2D eigenvalue weighted by atomic mass is 16.5. The molecule has 3 rings (SSSR count). The highest BCUT2D eigenvalue weighted by molar-refractivity contribution is 5.75. The fraction of sp³-hybridized carbons (Fsp3) is 0.708. The molecule has 2 aliphatic carbocycles. The van der Waals surface area contributed by atoms with E-state index in [1.165, 1.54) is 50.5 Å². The average Bonchev–Trinajstić information content (AvgIpc) is 2.68. The molecule has 0 spiro atoms. The van der Waals surface area contributed by atoms with E-state index in [0.29, 0.717) is 11.7 Å². The van der Waals surface area contributed by atoms with E-state index >= 15 is 0 Å². The molecule has 0 amide bonds. The fourth-order valence-electron chi connectivity index (χ4n) is 4.78. The summed E-state index contributed by atoms with van der Waals surface area (Å²) in [5.41, 5.74) is 1.42. The molecule has 26 heavy (non-hydrogen) atoms. The van der Waals surface area contributed by atoms with Crippen molar-refractivity contribution in [2.45, 2.75) is 90.4 Å². The lowest BCUT2D eigenvalue weighted by Crippen LogP contribution is -2.24. The van der Waals surface area contributed by atoms with Crippen LogP contribution in [0, 0.1) is 17.8 Å². The Labute approximate surface area is 159 Å². The van der Waals surface area contributed by atoms with Crippen LogP contribution in [0.3, 0.4) is 0 Å². The number of carbonyl (C=O) groups is 1. The van der Waals surface area contributed by atoms with Gasteiger partial charge in [0.2, 0.25) is 0 Å². The third-order valence-corrected chi connectivity index (χ3v) is 6.73. The number of hydrogen-bond acceptors (Lipinski definition) is 2. The van der Waals surface area contributed by atoms with Gasteiger partial charge in [-0.3, -0.25) is 4.79 Å².